The number of anilines is 1. The van der Waals surface area contributed by atoms with Crippen molar-refractivity contribution in [3.63, 3.8) is 0 Å². The number of carboxylic acids is 1. The van der Waals surface area contributed by atoms with Crippen LogP contribution in [0.15, 0.2) is 24.3 Å². The Kier molecular flexibility index (Phi) is 4.37. The quantitative estimate of drug-likeness (QED) is 0.653. The van der Waals surface area contributed by atoms with Gasteiger partial charge in [-0.3, -0.25) is 0 Å². The lowest BCUT2D eigenvalue weighted by molar-refractivity contribution is 0.0697. The number of carbonyl (C=O) groups is 1. The van der Waals surface area contributed by atoms with Crippen molar-refractivity contribution in [3.8, 4) is 0 Å². The molecule has 0 atom stereocenters. The number of hydrogen-bond acceptors (Lipinski definition) is 2. The van der Waals surface area contributed by atoms with Gasteiger partial charge in [-0.1, -0.05) is 34.1 Å². The summed E-state index contributed by atoms with van der Waals surface area (Å²) in [6, 6.07) is 4.73. The molecule has 0 aromatic heterocycles. The van der Waals surface area contributed by atoms with E-state index in [4.69, 9.17) is 10.8 Å². The van der Waals surface area contributed by atoms with Gasteiger partial charge in [-0.05, 0) is 24.1 Å². The maximum atomic E-state index is 10.6. The molecule has 0 bridgehead atoms. The van der Waals surface area contributed by atoms with E-state index in [1.165, 1.54) is 6.07 Å². The molecule has 0 radical (unpaired) electrons. The van der Waals surface area contributed by atoms with Crippen molar-refractivity contribution in [3.05, 3.63) is 35.4 Å². The van der Waals surface area contributed by atoms with E-state index < -0.39 is 5.97 Å². The summed E-state index contributed by atoms with van der Waals surface area (Å²) >= 11 is 3.31. The molecule has 3 N–H and O–H groups in total. The molecule has 4 heteroatoms. The van der Waals surface area contributed by atoms with Crippen molar-refractivity contribution >= 4 is 33.7 Å². The van der Waals surface area contributed by atoms with E-state index in [1.54, 1.807) is 12.1 Å². The number of nitrogens with two attached hydrogens (primary N) is 1. The molecule has 0 saturated carbocycles. The summed E-state index contributed by atoms with van der Waals surface area (Å²) in [5.74, 6) is -0.960. The highest BCUT2D eigenvalue weighted by Gasteiger charge is 2.03. The molecule has 0 aliphatic heterocycles. The number of alkyl halides is 1. The highest BCUT2D eigenvalue weighted by atomic mass is 79.9. The maximum absolute atomic E-state index is 10.6. The molecule has 0 spiro atoms. The van der Waals surface area contributed by atoms with Crippen LogP contribution in [0.5, 0.6) is 0 Å². The maximum Gasteiger partial charge on any atom is 0.335 e. The second kappa shape index (κ2) is 5.56. The zero-order valence-electron chi connectivity index (χ0n) is 8.11. The van der Waals surface area contributed by atoms with E-state index >= 15 is 0 Å². The third kappa shape index (κ3) is 3.40. The number of hydrogen-bond donors (Lipinski definition) is 2. The van der Waals surface area contributed by atoms with Gasteiger partial charge in [0.05, 0.1) is 5.56 Å². The SMILES string of the molecule is Nc1cc(C(=O)O)ccc1C=CCCBr. The Morgan fingerprint density at radius 1 is 1.53 bits per heavy atom. The zero-order valence-corrected chi connectivity index (χ0v) is 9.70. The lowest BCUT2D eigenvalue weighted by atomic mass is 10.1. The van der Waals surface area contributed by atoms with E-state index in [2.05, 4.69) is 15.9 Å². The van der Waals surface area contributed by atoms with Crippen LogP contribution in [-0.2, 0) is 0 Å². The van der Waals surface area contributed by atoms with Crippen molar-refractivity contribution in [1.82, 2.24) is 0 Å². The second-order valence-electron chi connectivity index (χ2n) is 3.03. The minimum atomic E-state index is -0.960. The molecule has 0 aliphatic carbocycles. The smallest absolute Gasteiger partial charge is 0.335 e. The minimum Gasteiger partial charge on any atom is -0.478 e. The third-order valence-corrected chi connectivity index (χ3v) is 2.36. The topological polar surface area (TPSA) is 63.3 Å². The number of carboxylic acid groups (broad SMARTS) is 1. The van der Waals surface area contributed by atoms with Crippen molar-refractivity contribution in [2.45, 2.75) is 6.42 Å². The average molecular weight is 270 g/mol. The summed E-state index contributed by atoms with van der Waals surface area (Å²) in [5, 5.41) is 9.63. The first-order chi connectivity index (χ1) is 7.15. The Bertz CT molecular complexity index is 388. The van der Waals surface area contributed by atoms with Crippen LogP contribution in [0.4, 0.5) is 5.69 Å². The Labute approximate surface area is 96.7 Å². The van der Waals surface area contributed by atoms with Gasteiger partial charge in [-0.15, -0.1) is 0 Å². The normalized spacial score (nSPS) is 10.7. The molecular weight excluding hydrogens is 258 g/mol. The fourth-order valence-corrected chi connectivity index (χ4v) is 1.40. The van der Waals surface area contributed by atoms with E-state index in [0.29, 0.717) is 5.69 Å². The Balaban J connectivity index is 2.88. The van der Waals surface area contributed by atoms with Crippen LogP contribution in [0.1, 0.15) is 22.3 Å². The van der Waals surface area contributed by atoms with Crippen LogP contribution < -0.4 is 5.73 Å². The number of allylic oxidation sites excluding steroid dienone is 1. The van der Waals surface area contributed by atoms with E-state index in [-0.39, 0.29) is 5.56 Å². The lowest BCUT2D eigenvalue weighted by Crippen LogP contribution is -1.98. The molecule has 1 rings (SSSR count). The zero-order chi connectivity index (χ0) is 11.3. The molecule has 15 heavy (non-hydrogen) atoms. The first-order valence-electron chi connectivity index (χ1n) is 4.50. The Hall–Kier alpha value is -1.29. The largest absolute Gasteiger partial charge is 0.478 e. The lowest BCUT2D eigenvalue weighted by Gasteiger charge is -2.01. The van der Waals surface area contributed by atoms with Gasteiger partial charge in [0.1, 0.15) is 0 Å². The Morgan fingerprint density at radius 2 is 2.27 bits per heavy atom. The molecule has 0 amide bonds. The summed E-state index contributed by atoms with van der Waals surface area (Å²) in [6.45, 7) is 0. The van der Waals surface area contributed by atoms with Crippen LogP contribution in [0.3, 0.4) is 0 Å². The predicted molar refractivity (Wildman–Crippen MR) is 65.3 cm³/mol. The Morgan fingerprint density at radius 3 is 2.80 bits per heavy atom. The molecule has 0 heterocycles. The summed E-state index contributed by atoms with van der Waals surface area (Å²) < 4.78 is 0. The molecule has 3 nitrogen and oxygen atoms in total. The summed E-state index contributed by atoms with van der Waals surface area (Å²) in [7, 11) is 0. The van der Waals surface area contributed by atoms with Crippen molar-refractivity contribution in [1.29, 1.82) is 0 Å². The van der Waals surface area contributed by atoms with Crippen LogP contribution in [0.25, 0.3) is 6.08 Å². The highest BCUT2D eigenvalue weighted by Crippen LogP contribution is 2.16. The van der Waals surface area contributed by atoms with Gasteiger partial charge in [-0.2, -0.15) is 0 Å². The van der Waals surface area contributed by atoms with Gasteiger partial charge < -0.3 is 10.8 Å². The number of rotatable bonds is 4. The fourth-order valence-electron chi connectivity index (χ4n) is 1.13. The van der Waals surface area contributed by atoms with Gasteiger partial charge in [0.15, 0.2) is 0 Å². The predicted octanol–water partition coefficient (Wildman–Crippen LogP) is 2.77. The van der Waals surface area contributed by atoms with E-state index in [1.807, 2.05) is 12.2 Å². The van der Waals surface area contributed by atoms with Gasteiger partial charge >= 0.3 is 5.97 Å². The standard InChI is InChI=1S/C11H12BrNO2/c12-6-2-1-3-8-4-5-9(11(14)15)7-10(8)13/h1,3-5,7H,2,6,13H2,(H,14,15). The van der Waals surface area contributed by atoms with Crippen LogP contribution in [-0.4, -0.2) is 16.4 Å². The van der Waals surface area contributed by atoms with Gasteiger partial charge in [0.25, 0.3) is 0 Å². The number of benzene rings is 1. The van der Waals surface area contributed by atoms with Crippen molar-refractivity contribution < 1.29 is 9.90 Å². The first kappa shape index (κ1) is 11.8. The van der Waals surface area contributed by atoms with Gasteiger partial charge in [0, 0.05) is 11.0 Å². The van der Waals surface area contributed by atoms with E-state index in [0.717, 1.165) is 17.3 Å². The molecule has 0 saturated heterocycles. The fraction of sp³-hybridized carbons (Fsp3) is 0.182. The number of aromatic carboxylic acids is 1. The molecule has 0 unspecified atom stereocenters. The second-order valence-corrected chi connectivity index (χ2v) is 3.82. The van der Waals surface area contributed by atoms with Crippen molar-refractivity contribution in [2.24, 2.45) is 0 Å². The number of nitrogen functional groups attached to an aromatic ring is 1. The van der Waals surface area contributed by atoms with Crippen LogP contribution >= 0.6 is 15.9 Å². The molecule has 1 aromatic carbocycles. The minimum absolute atomic E-state index is 0.213. The molecule has 0 aliphatic rings. The number of halogens is 1. The monoisotopic (exact) mass is 269 g/mol. The summed E-state index contributed by atoms with van der Waals surface area (Å²) in [6.07, 6.45) is 4.79. The molecule has 1 aromatic rings. The average Bonchev–Trinajstić information content (AvgIpc) is 2.20. The first-order valence-corrected chi connectivity index (χ1v) is 5.62. The molecule has 0 fully saturated rings. The molecular formula is C11H12BrNO2. The summed E-state index contributed by atoms with van der Waals surface area (Å²) in [4.78, 5) is 10.6. The van der Waals surface area contributed by atoms with E-state index in [9.17, 15) is 4.79 Å². The summed E-state index contributed by atoms with van der Waals surface area (Å²) in [5.41, 5.74) is 7.26. The highest BCUT2D eigenvalue weighted by molar-refractivity contribution is 9.09. The van der Waals surface area contributed by atoms with Crippen molar-refractivity contribution in [2.75, 3.05) is 11.1 Å². The van der Waals surface area contributed by atoms with Gasteiger partial charge in [-0.25, -0.2) is 4.79 Å². The molecule has 80 valence electrons. The third-order valence-electron chi connectivity index (χ3n) is 1.91. The van der Waals surface area contributed by atoms with Crippen LogP contribution in [0, 0.1) is 0 Å². The van der Waals surface area contributed by atoms with Gasteiger partial charge in [0.2, 0.25) is 0 Å². The van der Waals surface area contributed by atoms with Crippen LogP contribution in [0.2, 0.25) is 0 Å².